The van der Waals surface area contributed by atoms with Gasteiger partial charge in [-0.1, -0.05) is 6.92 Å². The molecule has 2 heterocycles. The maximum atomic E-state index is 11.7. The van der Waals surface area contributed by atoms with Crippen molar-refractivity contribution in [1.29, 1.82) is 0 Å². The summed E-state index contributed by atoms with van der Waals surface area (Å²) in [7, 11) is 2.06. The Morgan fingerprint density at radius 3 is 2.75 bits per heavy atom. The minimum atomic E-state index is -0.661. The minimum absolute atomic E-state index is 0.574. The van der Waals surface area contributed by atoms with E-state index in [9.17, 15) is 9.90 Å². The molecule has 5 nitrogen and oxygen atoms in total. The number of hydrogen-bond acceptors (Lipinski definition) is 4. The lowest BCUT2D eigenvalue weighted by Crippen LogP contribution is -2.48. The fraction of sp³-hybridized carbons (Fsp3) is 0.933. The van der Waals surface area contributed by atoms with E-state index < -0.39 is 11.4 Å². The molecule has 116 valence electrons. The fourth-order valence-corrected chi connectivity index (χ4v) is 3.66. The van der Waals surface area contributed by atoms with E-state index in [4.69, 9.17) is 4.74 Å². The van der Waals surface area contributed by atoms with E-state index in [0.29, 0.717) is 38.6 Å². The topological polar surface area (TPSA) is 53.0 Å². The van der Waals surface area contributed by atoms with Crippen LogP contribution in [0.5, 0.6) is 0 Å². The Hall–Kier alpha value is -0.650. The third-order valence-electron chi connectivity index (χ3n) is 4.90. The third-order valence-corrected chi connectivity index (χ3v) is 4.90. The molecule has 1 N–H and O–H groups in total. The van der Waals surface area contributed by atoms with Gasteiger partial charge in [0.2, 0.25) is 0 Å². The van der Waals surface area contributed by atoms with Gasteiger partial charge in [-0.3, -0.25) is 9.69 Å². The summed E-state index contributed by atoms with van der Waals surface area (Å²) in [6.07, 6.45) is 3.77. The van der Waals surface area contributed by atoms with E-state index >= 15 is 0 Å². The van der Waals surface area contributed by atoms with Gasteiger partial charge in [-0.25, -0.2) is 0 Å². The quantitative estimate of drug-likeness (QED) is 0.796. The lowest BCUT2D eigenvalue weighted by Gasteiger charge is -2.37. The number of aliphatic carboxylic acids is 1. The molecule has 1 unspecified atom stereocenters. The first-order chi connectivity index (χ1) is 9.57. The first-order valence-electron chi connectivity index (χ1n) is 7.81. The van der Waals surface area contributed by atoms with Crippen molar-refractivity contribution in [3.63, 3.8) is 0 Å². The molecule has 5 heteroatoms. The van der Waals surface area contributed by atoms with Crippen molar-refractivity contribution >= 4 is 5.97 Å². The molecule has 2 rings (SSSR count). The Balaban J connectivity index is 1.91. The smallest absolute Gasteiger partial charge is 0.311 e. The fourth-order valence-electron chi connectivity index (χ4n) is 3.66. The Bertz CT molecular complexity index is 329. The standard InChI is InChI=1S/C15H28N2O3/c1-3-17-8-4-5-13(17)11-16(2)12-15(14(18)19)6-9-20-10-7-15/h13H,3-12H2,1-2H3,(H,18,19). The maximum absolute atomic E-state index is 11.7. The average molecular weight is 284 g/mol. The van der Waals surface area contributed by atoms with Crippen LogP contribution in [0.15, 0.2) is 0 Å². The van der Waals surface area contributed by atoms with Crippen LogP contribution in [0.25, 0.3) is 0 Å². The van der Waals surface area contributed by atoms with Crippen LogP contribution in [0, 0.1) is 5.41 Å². The molecular formula is C15H28N2O3. The van der Waals surface area contributed by atoms with E-state index in [-0.39, 0.29) is 0 Å². The molecular weight excluding hydrogens is 256 g/mol. The highest BCUT2D eigenvalue weighted by Gasteiger charge is 2.41. The lowest BCUT2D eigenvalue weighted by atomic mass is 9.79. The molecule has 0 aliphatic carbocycles. The number of rotatable bonds is 6. The molecule has 0 bridgehead atoms. The van der Waals surface area contributed by atoms with Gasteiger partial charge in [0.25, 0.3) is 0 Å². The number of carboxylic acids is 1. The molecule has 0 aromatic heterocycles. The second-order valence-electron chi connectivity index (χ2n) is 6.32. The maximum Gasteiger partial charge on any atom is 0.311 e. The summed E-state index contributed by atoms with van der Waals surface area (Å²) in [4.78, 5) is 16.4. The van der Waals surface area contributed by atoms with Crippen molar-refractivity contribution < 1.29 is 14.6 Å². The Morgan fingerprint density at radius 2 is 2.15 bits per heavy atom. The summed E-state index contributed by atoms with van der Waals surface area (Å²) in [6.45, 7) is 7.25. The molecule has 0 aromatic rings. The van der Waals surface area contributed by atoms with Gasteiger partial charge in [0.15, 0.2) is 0 Å². The van der Waals surface area contributed by atoms with Crippen LogP contribution in [0.3, 0.4) is 0 Å². The van der Waals surface area contributed by atoms with Crippen LogP contribution in [-0.2, 0) is 9.53 Å². The van der Waals surface area contributed by atoms with E-state index in [2.05, 4.69) is 23.8 Å². The van der Waals surface area contributed by atoms with Gasteiger partial charge in [0, 0.05) is 32.3 Å². The molecule has 0 aromatic carbocycles. The second kappa shape index (κ2) is 6.87. The summed E-state index contributed by atoms with van der Waals surface area (Å²) in [6, 6.07) is 0.593. The molecule has 20 heavy (non-hydrogen) atoms. The van der Waals surface area contributed by atoms with Crippen LogP contribution in [0.1, 0.15) is 32.6 Å². The summed E-state index contributed by atoms with van der Waals surface area (Å²) >= 11 is 0. The molecule has 2 aliphatic rings. The van der Waals surface area contributed by atoms with Crippen LogP contribution in [-0.4, -0.2) is 73.4 Å². The Morgan fingerprint density at radius 1 is 1.45 bits per heavy atom. The van der Waals surface area contributed by atoms with Gasteiger partial charge in [0.05, 0.1) is 5.41 Å². The van der Waals surface area contributed by atoms with Gasteiger partial charge in [-0.2, -0.15) is 0 Å². The molecule has 0 radical (unpaired) electrons. The molecule has 2 saturated heterocycles. The van der Waals surface area contributed by atoms with Gasteiger partial charge >= 0.3 is 5.97 Å². The highest BCUT2D eigenvalue weighted by atomic mass is 16.5. The lowest BCUT2D eigenvalue weighted by molar-refractivity contribution is -0.156. The zero-order chi connectivity index (χ0) is 14.6. The van der Waals surface area contributed by atoms with Crippen molar-refractivity contribution in [2.45, 2.75) is 38.6 Å². The predicted octanol–water partition coefficient (Wildman–Crippen LogP) is 1.28. The monoisotopic (exact) mass is 284 g/mol. The van der Waals surface area contributed by atoms with Gasteiger partial charge in [0.1, 0.15) is 0 Å². The third kappa shape index (κ3) is 3.51. The summed E-state index contributed by atoms with van der Waals surface area (Å²) in [5.74, 6) is -0.661. The molecule has 2 fully saturated rings. The van der Waals surface area contributed by atoms with Crippen LogP contribution in [0.4, 0.5) is 0 Å². The van der Waals surface area contributed by atoms with E-state index in [1.165, 1.54) is 19.4 Å². The van der Waals surface area contributed by atoms with E-state index in [1.54, 1.807) is 0 Å². The van der Waals surface area contributed by atoms with E-state index in [0.717, 1.165) is 13.1 Å². The van der Waals surface area contributed by atoms with Crippen LogP contribution < -0.4 is 0 Å². The van der Waals surface area contributed by atoms with Crippen molar-refractivity contribution in [1.82, 2.24) is 9.80 Å². The first-order valence-corrected chi connectivity index (χ1v) is 7.81. The molecule has 2 aliphatic heterocycles. The Kier molecular flexibility index (Phi) is 5.41. The van der Waals surface area contributed by atoms with E-state index in [1.807, 2.05) is 0 Å². The zero-order valence-corrected chi connectivity index (χ0v) is 12.8. The van der Waals surface area contributed by atoms with Gasteiger partial charge in [-0.05, 0) is 45.8 Å². The minimum Gasteiger partial charge on any atom is -0.481 e. The van der Waals surface area contributed by atoms with Crippen molar-refractivity contribution in [3.05, 3.63) is 0 Å². The van der Waals surface area contributed by atoms with Crippen molar-refractivity contribution in [2.24, 2.45) is 5.41 Å². The number of carbonyl (C=O) groups is 1. The predicted molar refractivity (Wildman–Crippen MR) is 77.9 cm³/mol. The van der Waals surface area contributed by atoms with Gasteiger partial charge < -0.3 is 14.7 Å². The molecule has 0 amide bonds. The summed E-state index contributed by atoms with van der Waals surface area (Å²) in [5.41, 5.74) is -0.608. The largest absolute Gasteiger partial charge is 0.481 e. The number of nitrogens with zero attached hydrogens (tertiary/aromatic N) is 2. The normalized spacial score (nSPS) is 27.1. The van der Waals surface area contributed by atoms with Crippen LogP contribution >= 0.6 is 0 Å². The van der Waals surface area contributed by atoms with Crippen molar-refractivity contribution in [3.8, 4) is 0 Å². The highest BCUT2D eigenvalue weighted by Crippen LogP contribution is 2.32. The zero-order valence-electron chi connectivity index (χ0n) is 12.8. The number of carboxylic acid groups (broad SMARTS) is 1. The SMILES string of the molecule is CCN1CCCC1CN(C)CC1(C(=O)O)CCOCC1. The number of likely N-dealkylation sites (tertiary alicyclic amines) is 1. The number of hydrogen-bond donors (Lipinski definition) is 1. The summed E-state index contributed by atoms with van der Waals surface area (Å²) < 4.78 is 5.33. The summed E-state index contributed by atoms with van der Waals surface area (Å²) in [5, 5.41) is 9.60. The number of ether oxygens (including phenoxy) is 1. The Labute approximate surface area is 121 Å². The van der Waals surface area contributed by atoms with Gasteiger partial charge in [-0.15, -0.1) is 0 Å². The average Bonchev–Trinajstić information content (AvgIpc) is 2.86. The molecule has 1 atom stereocenters. The molecule has 0 saturated carbocycles. The molecule has 0 spiro atoms. The second-order valence-corrected chi connectivity index (χ2v) is 6.32. The highest BCUT2D eigenvalue weighted by molar-refractivity contribution is 5.75. The van der Waals surface area contributed by atoms with Crippen molar-refractivity contribution in [2.75, 3.05) is 46.4 Å². The van der Waals surface area contributed by atoms with Crippen LogP contribution in [0.2, 0.25) is 0 Å². The number of likely N-dealkylation sites (N-methyl/N-ethyl adjacent to an activating group) is 2. The first kappa shape index (κ1) is 15.7.